The molecule has 2 aromatic heterocycles. The van der Waals surface area contributed by atoms with Crippen molar-refractivity contribution < 1.29 is 9.47 Å². The summed E-state index contributed by atoms with van der Waals surface area (Å²) in [5, 5.41) is 12.9. The van der Waals surface area contributed by atoms with Crippen LogP contribution in [0.2, 0.25) is 0 Å². The molecule has 0 radical (unpaired) electrons. The van der Waals surface area contributed by atoms with Gasteiger partial charge in [-0.1, -0.05) is 18.2 Å². The van der Waals surface area contributed by atoms with Gasteiger partial charge in [-0.2, -0.15) is 15.2 Å². The van der Waals surface area contributed by atoms with Crippen molar-refractivity contribution in [2.75, 3.05) is 51.4 Å². The van der Waals surface area contributed by atoms with E-state index < -0.39 is 0 Å². The maximum Gasteiger partial charge on any atom is 0.229 e. The second kappa shape index (κ2) is 9.44. The highest BCUT2D eigenvalue weighted by Crippen LogP contribution is 2.26. The molecule has 29 heavy (non-hydrogen) atoms. The van der Waals surface area contributed by atoms with E-state index in [0.717, 1.165) is 41.9 Å². The number of morpholine rings is 1. The van der Waals surface area contributed by atoms with E-state index in [9.17, 15) is 0 Å². The SMILES string of the molecule is CNCCOc1cc(CN=Nc2c[nH]c3ccccc23)nc(N2CCOCC2)n1. The molecule has 9 nitrogen and oxygen atoms in total. The number of ether oxygens (including phenoxy) is 2. The van der Waals surface area contributed by atoms with Crippen LogP contribution in [0.3, 0.4) is 0 Å². The van der Waals surface area contributed by atoms with Crippen molar-refractivity contribution in [2.45, 2.75) is 6.54 Å². The number of rotatable bonds is 8. The van der Waals surface area contributed by atoms with Crippen molar-refractivity contribution in [3.05, 3.63) is 42.2 Å². The maximum atomic E-state index is 5.78. The first-order valence-electron chi connectivity index (χ1n) is 9.75. The maximum absolute atomic E-state index is 5.78. The molecule has 3 heterocycles. The number of fused-ring (bicyclic) bond motifs is 1. The van der Waals surface area contributed by atoms with Crippen molar-refractivity contribution in [2.24, 2.45) is 10.2 Å². The fourth-order valence-corrected chi connectivity index (χ4v) is 3.10. The van der Waals surface area contributed by atoms with E-state index in [2.05, 4.69) is 35.4 Å². The number of benzene rings is 1. The van der Waals surface area contributed by atoms with Crippen molar-refractivity contribution in [3.63, 3.8) is 0 Å². The number of nitrogens with zero attached hydrogens (tertiary/aromatic N) is 5. The largest absolute Gasteiger partial charge is 0.476 e. The number of aromatic amines is 1. The smallest absolute Gasteiger partial charge is 0.229 e. The molecule has 1 aliphatic heterocycles. The normalized spacial score (nSPS) is 14.7. The zero-order valence-electron chi connectivity index (χ0n) is 16.5. The van der Waals surface area contributed by atoms with Crippen molar-refractivity contribution in [1.29, 1.82) is 0 Å². The first-order valence-corrected chi connectivity index (χ1v) is 9.75. The Balaban J connectivity index is 1.52. The Morgan fingerprint density at radius 1 is 1.24 bits per heavy atom. The summed E-state index contributed by atoms with van der Waals surface area (Å²) in [5.74, 6) is 1.20. The topological polar surface area (TPSA) is 100 Å². The number of hydrogen-bond acceptors (Lipinski definition) is 8. The molecule has 9 heteroatoms. The number of H-pyrrole nitrogens is 1. The molecule has 1 aliphatic rings. The Kier molecular flexibility index (Phi) is 6.28. The standard InChI is InChI=1S/C20H25N7O2/c1-21-6-9-29-19-12-15(24-20(25-19)27-7-10-28-11-8-27)13-23-26-18-14-22-17-5-3-2-4-16(17)18/h2-5,12,14,21-22H,6-11,13H2,1H3. The highest BCUT2D eigenvalue weighted by atomic mass is 16.5. The molecular formula is C20H25N7O2. The minimum atomic E-state index is 0.349. The quantitative estimate of drug-likeness (QED) is 0.449. The minimum Gasteiger partial charge on any atom is -0.476 e. The van der Waals surface area contributed by atoms with Gasteiger partial charge in [0, 0.05) is 42.8 Å². The molecule has 0 amide bonds. The van der Waals surface area contributed by atoms with Crippen LogP contribution in [0.4, 0.5) is 11.6 Å². The number of likely N-dealkylation sites (N-methyl/N-ethyl adjacent to an activating group) is 1. The third-order valence-electron chi connectivity index (χ3n) is 4.62. The Bertz CT molecular complexity index is 966. The third-order valence-corrected chi connectivity index (χ3v) is 4.62. The van der Waals surface area contributed by atoms with Crippen LogP contribution < -0.4 is 15.0 Å². The van der Waals surface area contributed by atoms with Gasteiger partial charge in [0.15, 0.2) is 0 Å². The van der Waals surface area contributed by atoms with Gasteiger partial charge in [-0.3, -0.25) is 0 Å². The van der Waals surface area contributed by atoms with Crippen molar-refractivity contribution >= 4 is 22.5 Å². The van der Waals surface area contributed by atoms with E-state index in [1.54, 1.807) is 0 Å². The van der Waals surface area contributed by atoms with E-state index in [4.69, 9.17) is 9.47 Å². The zero-order valence-corrected chi connectivity index (χ0v) is 16.5. The number of azo groups is 1. The molecule has 0 aliphatic carbocycles. The van der Waals surface area contributed by atoms with Gasteiger partial charge in [-0.15, -0.1) is 0 Å². The van der Waals surface area contributed by atoms with Gasteiger partial charge in [0.1, 0.15) is 18.8 Å². The van der Waals surface area contributed by atoms with Gasteiger partial charge in [0.2, 0.25) is 11.8 Å². The van der Waals surface area contributed by atoms with Gasteiger partial charge >= 0.3 is 0 Å². The zero-order chi connectivity index (χ0) is 19.9. The summed E-state index contributed by atoms with van der Waals surface area (Å²) in [6, 6.07) is 9.84. The fourth-order valence-electron chi connectivity index (χ4n) is 3.10. The number of para-hydroxylation sites is 1. The number of nitrogens with one attached hydrogen (secondary N) is 2. The second-order valence-electron chi connectivity index (χ2n) is 6.67. The molecule has 2 N–H and O–H groups in total. The highest BCUT2D eigenvalue weighted by molar-refractivity contribution is 5.90. The molecule has 0 unspecified atom stereocenters. The van der Waals surface area contributed by atoms with E-state index in [1.165, 1.54) is 0 Å². The molecule has 0 spiro atoms. The minimum absolute atomic E-state index is 0.349. The summed E-state index contributed by atoms with van der Waals surface area (Å²) in [6.45, 7) is 4.49. The van der Waals surface area contributed by atoms with Crippen LogP contribution in [0.1, 0.15) is 5.69 Å². The first-order chi connectivity index (χ1) is 14.3. The lowest BCUT2D eigenvalue weighted by molar-refractivity contribution is 0.122. The van der Waals surface area contributed by atoms with Crippen molar-refractivity contribution in [1.82, 2.24) is 20.3 Å². The van der Waals surface area contributed by atoms with Gasteiger partial charge < -0.3 is 24.7 Å². The summed E-state index contributed by atoms with van der Waals surface area (Å²) < 4.78 is 11.2. The highest BCUT2D eigenvalue weighted by Gasteiger charge is 2.16. The van der Waals surface area contributed by atoms with E-state index in [0.29, 0.717) is 38.2 Å². The molecule has 1 fully saturated rings. The number of anilines is 1. The predicted octanol–water partition coefficient (Wildman–Crippen LogP) is 2.68. The van der Waals surface area contributed by atoms with Gasteiger partial charge in [0.25, 0.3) is 0 Å². The van der Waals surface area contributed by atoms with Crippen LogP contribution in [0.15, 0.2) is 46.8 Å². The molecule has 0 bridgehead atoms. The monoisotopic (exact) mass is 395 g/mol. The number of aromatic nitrogens is 3. The van der Waals surface area contributed by atoms with Gasteiger partial charge in [-0.05, 0) is 13.1 Å². The molecular weight excluding hydrogens is 370 g/mol. The lowest BCUT2D eigenvalue weighted by atomic mass is 10.2. The van der Waals surface area contributed by atoms with E-state index >= 15 is 0 Å². The molecule has 4 rings (SSSR count). The summed E-state index contributed by atoms with van der Waals surface area (Å²) in [5.41, 5.74) is 2.62. The summed E-state index contributed by atoms with van der Waals surface area (Å²) in [7, 11) is 1.89. The van der Waals surface area contributed by atoms with Crippen LogP contribution in [0.5, 0.6) is 5.88 Å². The third kappa shape index (κ3) is 4.87. The molecule has 3 aromatic rings. The second-order valence-corrected chi connectivity index (χ2v) is 6.67. The van der Waals surface area contributed by atoms with Gasteiger partial charge in [0.05, 0.1) is 18.9 Å². The Morgan fingerprint density at radius 2 is 2.10 bits per heavy atom. The van der Waals surface area contributed by atoms with Crippen molar-refractivity contribution in [3.8, 4) is 5.88 Å². The van der Waals surface area contributed by atoms with Crippen LogP contribution in [0, 0.1) is 0 Å². The van der Waals surface area contributed by atoms with Crippen LogP contribution in [0.25, 0.3) is 10.9 Å². The Hall–Kier alpha value is -3.04. The van der Waals surface area contributed by atoms with Crippen LogP contribution in [-0.4, -0.2) is 61.5 Å². The van der Waals surface area contributed by atoms with E-state index in [1.807, 2.05) is 43.6 Å². The molecule has 0 saturated carbocycles. The summed E-state index contributed by atoms with van der Waals surface area (Å²) in [4.78, 5) is 14.5. The van der Waals surface area contributed by atoms with Crippen LogP contribution in [-0.2, 0) is 11.3 Å². The molecule has 1 saturated heterocycles. The number of hydrogen-bond donors (Lipinski definition) is 2. The van der Waals surface area contributed by atoms with E-state index in [-0.39, 0.29) is 0 Å². The van der Waals surface area contributed by atoms with Gasteiger partial charge in [-0.25, -0.2) is 4.98 Å². The predicted molar refractivity (Wildman–Crippen MR) is 111 cm³/mol. The summed E-state index contributed by atoms with van der Waals surface area (Å²) >= 11 is 0. The molecule has 1 aromatic carbocycles. The fraction of sp³-hybridized carbons (Fsp3) is 0.400. The lowest BCUT2D eigenvalue weighted by Gasteiger charge is -2.27. The molecule has 0 atom stereocenters. The average molecular weight is 395 g/mol. The molecule has 152 valence electrons. The lowest BCUT2D eigenvalue weighted by Crippen LogP contribution is -2.37. The van der Waals surface area contributed by atoms with Crippen LogP contribution >= 0.6 is 0 Å². The summed E-state index contributed by atoms with van der Waals surface area (Å²) in [6.07, 6.45) is 1.86. The Labute approximate surface area is 169 Å². The first kappa shape index (κ1) is 19.3. The average Bonchev–Trinajstić information content (AvgIpc) is 3.18. The Morgan fingerprint density at radius 3 is 2.97 bits per heavy atom.